The summed E-state index contributed by atoms with van der Waals surface area (Å²) in [5.41, 5.74) is -0.675. The van der Waals surface area contributed by atoms with E-state index in [2.05, 4.69) is 80.0 Å². The Kier molecular flexibility index (Phi) is 78.6. The van der Waals surface area contributed by atoms with Crippen LogP contribution in [0.4, 0.5) is 0 Å². The number of unbranched alkanes of at least 4 members (excludes halogenated alkanes) is 2. The van der Waals surface area contributed by atoms with Gasteiger partial charge >= 0.3 is 5.97 Å². The molecule has 23 N–H and O–H groups in total. The normalized spacial score (nSPS) is 16.7. The van der Waals surface area contributed by atoms with Crippen molar-refractivity contribution < 1.29 is 155 Å². The number of methoxy groups -OCH3 is 2. The predicted molar refractivity (Wildman–Crippen MR) is 511 cm³/mol. The number of aliphatic hydroxyl groups is 14. The summed E-state index contributed by atoms with van der Waals surface area (Å²) in [6, 6.07) is -0.902. The molecule has 798 valence electrons. The number of β-amino-alcohol motifs (C(OH)–C–C–N with tert-alkyl or cyclic N) is 1. The van der Waals surface area contributed by atoms with Crippen LogP contribution in [0.5, 0.6) is 0 Å². The van der Waals surface area contributed by atoms with E-state index in [1.54, 1.807) is 21.1 Å². The molecule has 0 aromatic carbocycles. The highest BCUT2D eigenvalue weighted by Gasteiger charge is 2.36. The summed E-state index contributed by atoms with van der Waals surface area (Å²) >= 11 is 0. The van der Waals surface area contributed by atoms with Gasteiger partial charge in [0.1, 0.15) is 74.5 Å². The van der Waals surface area contributed by atoms with Crippen LogP contribution in [0.1, 0.15) is 203 Å². The number of nitrogens with zero attached hydrogens (tertiary/aromatic N) is 2. The molecule has 1 fully saturated rings. The summed E-state index contributed by atoms with van der Waals surface area (Å²) < 4.78 is 85.6. The first-order valence-corrected chi connectivity index (χ1v) is 50.4. The number of piperazine rings is 1. The number of rotatable bonds is 64. The van der Waals surface area contributed by atoms with E-state index in [0.29, 0.717) is 138 Å². The topological polar surface area (TPSA) is 634 Å². The number of carboxylic acids is 1. The lowest BCUT2D eigenvalue weighted by Gasteiger charge is -2.42. The van der Waals surface area contributed by atoms with Crippen LogP contribution >= 0.6 is 0 Å². The number of carbonyl (C=O) groups is 5. The molecule has 1 unspecified atom stereocenters. The number of hydrogen-bond acceptors (Lipinski definition) is 37. The summed E-state index contributed by atoms with van der Waals surface area (Å²) in [6.45, 7) is 50.2. The van der Waals surface area contributed by atoms with Crippen LogP contribution in [0.3, 0.4) is 0 Å². The molecule has 0 aliphatic carbocycles. The van der Waals surface area contributed by atoms with E-state index in [4.69, 9.17) is 53.2 Å². The summed E-state index contributed by atoms with van der Waals surface area (Å²) in [7, 11) is -2.37. The van der Waals surface area contributed by atoms with Crippen LogP contribution in [0.15, 0.2) is 0 Å². The average Bonchev–Trinajstić information content (AvgIpc) is 0.853. The molecule has 4 amide bonds. The number of hydrogen-bond donors (Lipinski definition) is 23. The van der Waals surface area contributed by atoms with Crippen molar-refractivity contribution in [2.45, 2.75) is 316 Å². The van der Waals surface area contributed by atoms with Gasteiger partial charge in [-0.1, -0.05) is 53.9 Å². The zero-order valence-electron chi connectivity index (χ0n) is 85.1. The Morgan fingerprint density at radius 1 is 0.391 bits per heavy atom. The fourth-order valence-corrected chi connectivity index (χ4v) is 12.8. The molecular weight excluding hydrogens is 1790 g/mol. The van der Waals surface area contributed by atoms with Gasteiger partial charge in [-0.15, -0.1) is 0 Å². The summed E-state index contributed by atoms with van der Waals surface area (Å²) in [6.07, 6.45) is -11.0. The average molecular weight is 1970 g/mol. The molecule has 0 saturated carbocycles. The molecule has 1 heterocycles. The SMILES string of the molecule is CC(C)(C)CC(CCC(=O)NC[C@H](O)[C@@H](O)[C@H](O)[C@H](O)CO)C(=O)NC[C@H](O)[C@@H](O)[C@H](O)[C@H](O)CO.CC(C)(C)N1CCN(CCS(C)(=O)=O)CC1.CC(C)(C)NCCS(C)(=O)=O.CCCCC[C@H](NC(C)(C)C)C(=O)O.CC[C@@H](O)[C@@H](O)[C@H](O)[C@@H](O)CNC(C)(C)C.COCCOCCOCCOCCNC(=O)CC[C@H](NC(C)(C)C)C(=O)NCCOCCOCCOCCOC. The highest BCUT2D eigenvalue weighted by Crippen LogP contribution is 2.28. The van der Waals surface area contributed by atoms with E-state index in [0.717, 1.165) is 51.9 Å². The van der Waals surface area contributed by atoms with Gasteiger partial charge in [-0.25, -0.2) is 16.8 Å². The molecule has 0 aromatic rings. The quantitative estimate of drug-likeness (QED) is 0.0282. The van der Waals surface area contributed by atoms with Gasteiger partial charge in [-0.2, -0.15) is 0 Å². The second-order valence-electron chi connectivity index (χ2n) is 39.3. The lowest BCUT2D eigenvalue weighted by molar-refractivity contribution is -0.140. The third-order valence-corrected chi connectivity index (χ3v) is 21.1. The molecular formula is C89H188N10O32S2. The molecule has 15 atom stereocenters. The van der Waals surface area contributed by atoms with Gasteiger partial charge in [0.05, 0.1) is 148 Å². The monoisotopic (exact) mass is 1970 g/mol. The molecule has 0 radical (unpaired) electrons. The highest BCUT2D eigenvalue weighted by molar-refractivity contribution is 7.90. The maximum Gasteiger partial charge on any atom is 0.320 e. The van der Waals surface area contributed by atoms with Crippen LogP contribution in [-0.4, -0.2) is 462 Å². The third kappa shape index (κ3) is 85.8. The number of aliphatic hydroxyl groups excluding tert-OH is 14. The van der Waals surface area contributed by atoms with Crippen molar-refractivity contribution in [2.75, 3.05) is 216 Å². The Morgan fingerprint density at radius 2 is 0.759 bits per heavy atom. The van der Waals surface area contributed by atoms with Crippen LogP contribution in [-0.2, 0) is 81.5 Å². The van der Waals surface area contributed by atoms with Crippen molar-refractivity contribution in [3.05, 3.63) is 0 Å². The summed E-state index contributed by atoms with van der Waals surface area (Å²) in [4.78, 5) is 65.5. The number of ether oxygens (including phenoxy) is 8. The number of aliphatic carboxylic acids is 1. The van der Waals surface area contributed by atoms with E-state index in [1.165, 1.54) is 12.5 Å². The maximum atomic E-state index is 12.7. The molecule has 133 heavy (non-hydrogen) atoms. The Balaban J connectivity index is -0.000000528. The zero-order valence-corrected chi connectivity index (χ0v) is 86.7. The first kappa shape index (κ1) is 138. The summed E-state index contributed by atoms with van der Waals surface area (Å²) in [5, 5.41) is 165. The van der Waals surface area contributed by atoms with Gasteiger partial charge in [0.2, 0.25) is 23.6 Å². The van der Waals surface area contributed by atoms with E-state index in [-0.39, 0.29) is 82.2 Å². The van der Waals surface area contributed by atoms with Crippen LogP contribution in [0.2, 0.25) is 0 Å². The largest absolute Gasteiger partial charge is 0.480 e. The Morgan fingerprint density at radius 3 is 1.13 bits per heavy atom. The van der Waals surface area contributed by atoms with E-state index in [1.807, 2.05) is 104 Å². The first-order chi connectivity index (χ1) is 61.3. The van der Waals surface area contributed by atoms with Gasteiger partial charge in [-0.05, 0) is 141 Å². The standard InChI is InChI=1S/C27H55N3O10.C22H44N2O12.C11H24N2O2S.C11H25NO4.C11H23NO2.C7H17NO2S/c1-27(2,3)30-24(26(32)29-9-11-36-17-19-40-23-21-38-15-13-34-5)6-7-25(31)28-8-10-35-16-18-39-22-20-37-14-12-33-4;1-22(2,3)6-11(21(36)24-8-13(28)18(33)20(35)15(30)10-26)4-5-16(31)23-7-12(27)17(32)19(34)14(29)9-25;1-11(2,3)13-7-5-12(6-8-13)9-10-16(4,14)15;1-5-7(13)9(15)10(16)8(14)6-12-11(2,3)4;1-5-6-7-8-9(10(13)14)12-11(2,3)4;1-7(2,3)8-5-6-11(4,9)10/h24,30H,6-23H2,1-5H3,(H,28,31)(H,29,32);11-15,17-20,25-30,32-35H,4-10H2,1-3H3,(H,23,31)(H,24,36);5-10H2,1-4H3;7-10,12-16H,5-6H2,1-4H3;9,12H,5-8H2,1-4H3,(H,13,14);8H,5-6H2,1-4H3/t24-;11?,12-,13-,14+,15+,17+,18+,19+,20+;;7-,8+,9-,10-;9-;/m00.10./s1. The van der Waals surface area contributed by atoms with Crippen LogP contribution < -0.4 is 42.5 Å². The second-order valence-corrected chi connectivity index (χ2v) is 43.8. The molecule has 0 bridgehead atoms. The Hall–Kier alpha value is -3.87. The maximum absolute atomic E-state index is 12.7. The Labute approximate surface area is 796 Å². The molecule has 1 rings (SSSR count). The first-order valence-electron chi connectivity index (χ1n) is 46.3. The molecule has 0 spiro atoms. The smallest absolute Gasteiger partial charge is 0.320 e. The minimum absolute atomic E-state index is 0.00465. The van der Waals surface area contributed by atoms with E-state index < -0.39 is 155 Å². The minimum Gasteiger partial charge on any atom is -0.480 e. The molecule has 44 heteroatoms. The van der Waals surface area contributed by atoms with Gasteiger partial charge in [-0.3, -0.25) is 39.1 Å². The minimum atomic E-state index is -2.82. The van der Waals surface area contributed by atoms with Crippen molar-refractivity contribution in [3.8, 4) is 0 Å². The van der Waals surface area contributed by atoms with E-state index >= 15 is 0 Å². The van der Waals surface area contributed by atoms with Crippen molar-refractivity contribution >= 4 is 49.3 Å². The van der Waals surface area contributed by atoms with E-state index in [9.17, 15) is 102 Å². The lowest BCUT2D eigenvalue weighted by Crippen LogP contribution is -2.53. The number of sulfone groups is 2. The number of nitrogens with one attached hydrogen (secondary N) is 8. The van der Waals surface area contributed by atoms with Gasteiger partial charge in [0.15, 0.2) is 0 Å². The predicted octanol–water partition coefficient (Wildman–Crippen LogP) is -2.43. The molecule has 1 aliphatic heterocycles. The lowest BCUT2D eigenvalue weighted by atomic mass is 9.82. The fourth-order valence-electron chi connectivity index (χ4n) is 11.7. The summed E-state index contributed by atoms with van der Waals surface area (Å²) in [5.74, 6) is -2.33. The van der Waals surface area contributed by atoms with Crippen LogP contribution in [0.25, 0.3) is 0 Å². The van der Waals surface area contributed by atoms with Gasteiger partial charge < -0.3 is 152 Å². The molecule has 1 saturated heterocycles. The van der Waals surface area contributed by atoms with Crippen molar-refractivity contribution in [1.82, 2.24) is 52.3 Å². The Bertz CT molecular complexity index is 3120. The van der Waals surface area contributed by atoms with Gasteiger partial charge in [0, 0.05) is 145 Å². The number of carbonyl (C=O) groups excluding carboxylic acids is 4. The number of carboxylic acid groups (broad SMARTS) is 1. The molecule has 1 aliphatic rings. The van der Waals surface area contributed by atoms with Gasteiger partial charge in [0.25, 0.3) is 0 Å². The van der Waals surface area contributed by atoms with Crippen molar-refractivity contribution in [3.63, 3.8) is 0 Å². The fraction of sp³-hybridized carbons (Fsp3) is 0.944. The van der Waals surface area contributed by atoms with Crippen molar-refractivity contribution in [1.29, 1.82) is 0 Å². The molecule has 0 aromatic heterocycles. The van der Waals surface area contributed by atoms with Crippen molar-refractivity contribution in [2.24, 2.45) is 11.3 Å². The number of amides is 4. The zero-order chi connectivity index (χ0) is 104. The third-order valence-electron chi connectivity index (χ3n) is 19.3. The van der Waals surface area contributed by atoms with Crippen LogP contribution in [0, 0.1) is 11.3 Å². The molecule has 42 nitrogen and oxygen atoms in total. The second kappa shape index (κ2) is 75.9. The highest BCUT2D eigenvalue weighted by atomic mass is 32.2.